The van der Waals surface area contributed by atoms with E-state index in [4.69, 9.17) is 18.9 Å². The summed E-state index contributed by atoms with van der Waals surface area (Å²) in [4.78, 5) is 15.5. The molecule has 2 heterocycles. The first-order valence-electron chi connectivity index (χ1n) is 12.3. The fourth-order valence-corrected chi connectivity index (χ4v) is 5.03. The van der Waals surface area contributed by atoms with Crippen LogP contribution >= 0.6 is 0 Å². The summed E-state index contributed by atoms with van der Waals surface area (Å²) < 4.78 is 22.5. The zero-order valence-corrected chi connectivity index (χ0v) is 22.5. The van der Waals surface area contributed by atoms with E-state index in [0.717, 1.165) is 16.7 Å². The Morgan fingerprint density at radius 2 is 1.73 bits per heavy atom. The largest absolute Gasteiger partial charge is 0.507 e. The van der Waals surface area contributed by atoms with E-state index in [1.54, 1.807) is 32.3 Å². The molecule has 0 spiro atoms. The fourth-order valence-electron chi connectivity index (χ4n) is 5.03. The Hall–Kier alpha value is -3.72. The van der Waals surface area contributed by atoms with Crippen LogP contribution in [-0.4, -0.2) is 66.7 Å². The summed E-state index contributed by atoms with van der Waals surface area (Å²) in [5, 5.41) is 18.4. The van der Waals surface area contributed by atoms with Crippen LogP contribution in [0.5, 0.6) is 23.0 Å². The van der Waals surface area contributed by atoms with Crippen LogP contribution < -0.4 is 14.2 Å². The Kier molecular flexibility index (Phi) is 7.63. The molecule has 0 saturated heterocycles. The van der Waals surface area contributed by atoms with Crippen LogP contribution in [0.4, 0.5) is 0 Å². The molecule has 198 valence electrons. The highest BCUT2D eigenvalue weighted by Crippen LogP contribution is 2.48. The number of rotatable bonds is 10. The molecule has 0 bridgehead atoms. The first-order chi connectivity index (χ1) is 17.7. The molecule has 0 saturated carbocycles. The highest BCUT2D eigenvalue weighted by Gasteiger charge is 2.43. The topological polar surface area (TPSA) is 106 Å². The predicted octanol–water partition coefficient (Wildman–Crippen LogP) is 4.79. The molecule has 1 aliphatic rings. The average Bonchev–Trinajstić information content (AvgIpc) is 3.39. The number of ether oxygens (including phenoxy) is 4. The number of amides is 1. The van der Waals surface area contributed by atoms with Gasteiger partial charge in [0.1, 0.15) is 17.1 Å². The lowest BCUT2D eigenvalue weighted by Crippen LogP contribution is -2.31. The van der Waals surface area contributed by atoms with Crippen LogP contribution in [0.2, 0.25) is 0 Å². The van der Waals surface area contributed by atoms with E-state index >= 15 is 0 Å². The molecule has 0 unspecified atom stereocenters. The zero-order valence-electron chi connectivity index (χ0n) is 22.5. The second kappa shape index (κ2) is 10.7. The predicted molar refractivity (Wildman–Crippen MR) is 140 cm³/mol. The number of aryl methyl sites for hydroxylation is 2. The minimum absolute atomic E-state index is 0.108. The van der Waals surface area contributed by atoms with Crippen molar-refractivity contribution < 1.29 is 28.8 Å². The van der Waals surface area contributed by atoms with Crippen LogP contribution in [0.15, 0.2) is 24.3 Å². The van der Waals surface area contributed by atoms with Gasteiger partial charge in [0.05, 0.1) is 33.5 Å². The summed E-state index contributed by atoms with van der Waals surface area (Å²) >= 11 is 0. The minimum atomic E-state index is -0.496. The van der Waals surface area contributed by atoms with E-state index in [1.807, 2.05) is 45.9 Å². The van der Waals surface area contributed by atoms with Crippen molar-refractivity contribution in [2.75, 3.05) is 34.5 Å². The highest BCUT2D eigenvalue weighted by molar-refractivity contribution is 6.00. The normalized spacial score (nSPS) is 14.9. The molecule has 37 heavy (non-hydrogen) atoms. The van der Waals surface area contributed by atoms with E-state index in [2.05, 4.69) is 10.2 Å². The number of benzene rings is 2. The van der Waals surface area contributed by atoms with Crippen molar-refractivity contribution in [1.29, 1.82) is 0 Å². The number of aromatic nitrogens is 2. The molecule has 2 N–H and O–H groups in total. The maximum atomic E-state index is 13.7. The summed E-state index contributed by atoms with van der Waals surface area (Å²) in [5.41, 5.74) is 4.82. The Morgan fingerprint density at radius 1 is 1.05 bits per heavy atom. The van der Waals surface area contributed by atoms with Gasteiger partial charge in [-0.3, -0.25) is 9.89 Å². The molecule has 1 amide bonds. The maximum Gasteiger partial charge on any atom is 0.273 e. The van der Waals surface area contributed by atoms with Gasteiger partial charge in [0, 0.05) is 24.3 Å². The van der Waals surface area contributed by atoms with Crippen molar-refractivity contribution in [2.45, 2.75) is 46.3 Å². The first kappa shape index (κ1) is 26.3. The Balaban J connectivity index is 1.88. The van der Waals surface area contributed by atoms with Crippen molar-refractivity contribution in [3.05, 3.63) is 52.2 Å². The minimum Gasteiger partial charge on any atom is -0.507 e. The number of fused-ring (bicyclic) bond motifs is 1. The molecule has 0 radical (unpaired) electrons. The van der Waals surface area contributed by atoms with Gasteiger partial charge >= 0.3 is 0 Å². The van der Waals surface area contributed by atoms with Gasteiger partial charge in [0.2, 0.25) is 5.75 Å². The van der Waals surface area contributed by atoms with Gasteiger partial charge < -0.3 is 29.0 Å². The van der Waals surface area contributed by atoms with Gasteiger partial charge in [0.25, 0.3) is 5.91 Å². The first-order valence-corrected chi connectivity index (χ1v) is 12.3. The molecule has 1 aromatic heterocycles. The van der Waals surface area contributed by atoms with Crippen LogP contribution in [0, 0.1) is 13.8 Å². The molecule has 1 aliphatic heterocycles. The number of phenols is 1. The van der Waals surface area contributed by atoms with Gasteiger partial charge in [-0.25, -0.2) is 0 Å². The quantitative estimate of drug-likeness (QED) is 0.379. The van der Waals surface area contributed by atoms with Gasteiger partial charge in [-0.1, -0.05) is 6.07 Å². The van der Waals surface area contributed by atoms with Crippen molar-refractivity contribution >= 4 is 5.91 Å². The number of H-pyrrole nitrogens is 1. The van der Waals surface area contributed by atoms with Crippen molar-refractivity contribution in [1.82, 2.24) is 15.1 Å². The summed E-state index contributed by atoms with van der Waals surface area (Å²) in [6, 6.07) is 6.90. The number of aromatic amines is 1. The number of methoxy groups -OCH3 is 3. The Morgan fingerprint density at radius 3 is 2.30 bits per heavy atom. The molecule has 9 nitrogen and oxygen atoms in total. The third-order valence-electron chi connectivity index (χ3n) is 6.56. The number of nitrogens with one attached hydrogen (secondary N) is 1. The lowest BCUT2D eigenvalue weighted by molar-refractivity contribution is 0.0601. The van der Waals surface area contributed by atoms with Crippen molar-refractivity contribution in [3.8, 4) is 34.3 Å². The second-order valence-corrected chi connectivity index (χ2v) is 9.47. The summed E-state index contributed by atoms with van der Waals surface area (Å²) in [6.45, 7) is 8.82. The molecule has 4 rings (SSSR count). The van der Waals surface area contributed by atoms with Crippen molar-refractivity contribution in [2.24, 2.45) is 0 Å². The van der Waals surface area contributed by atoms with E-state index < -0.39 is 6.04 Å². The smallest absolute Gasteiger partial charge is 0.273 e. The number of hydrogen-bond acceptors (Lipinski definition) is 7. The monoisotopic (exact) mass is 509 g/mol. The number of carbonyl (C=O) groups is 1. The van der Waals surface area contributed by atoms with Gasteiger partial charge in [-0.2, -0.15) is 5.10 Å². The van der Waals surface area contributed by atoms with Gasteiger partial charge in [-0.05, 0) is 69.0 Å². The molecular formula is C28H35N3O6. The van der Waals surface area contributed by atoms with E-state index in [1.165, 1.54) is 0 Å². The number of hydrogen-bond donors (Lipinski definition) is 2. The number of nitrogens with zero attached hydrogens (tertiary/aromatic N) is 2. The summed E-state index contributed by atoms with van der Waals surface area (Å²) in [7, 11) is 4.67. The van der Waals surface area contributed by atoms with E-state index in [9.17, 15) is 9.90 Å². The Labute approximate surface area is 217 Å². The molecule has 2 aromatic carbocycles. The molecule has 9 heteroatoms. The van der Waals surface area contributed by atoms with Crippen molar-refractivity contribution in [3.63, 3.8) is 0 Å². The SMILES string of the molecule is COc1cc([C@H]2c3c(-c4c(C)cc(C)cc4O)n[nH]c3C(=O)N2CCCOC(C)C)cc(OC)c1OC. The number of carbonyl (C=O) groups excluding carboxylic acids is 1. The average molecular weight is 510 g/mol. The molecule has 1 atom stereocenters. The fraction of sp³-hybridized carbons (Fsp3) is 0.429. The zero-order chi connectivity index (χ0) is 26.9. The number of aromatic hydroxyl groups is 1. The number of phenolic OH excluding ortho intramolecular Hbond substituents is 1. The second-order valence-electron chi connectivity index (χ2n) is 9.47. The maximum absolute atomic E-state index is 13.7. The molecule has 3 aromatic rings. The van der Waals surface area contributed by atoms with Gasteiger partial charge in [-0.15, -0.1) is 0 Å². The van der Waals surface area contributed by atoms with E-state index in [0.29, 0.717) is 59.3 Å². The lowest BCUT2D eigenvalue weighted by atomic mass is 9.92. The van der Waals surface area contributed by atoms with E-state index in [-0.39, 0.29) is 17.8 Å². The molecule has 0 fully saturated rings. The summed E-state index contributed by atoms with van der Waals surface area (Å²) in [6.07, 6.45) is 0.767. The third-order valence-corrected chi connectivity index (χ3v) is 6.56. The highest BCUT2D eigenvalue weighted by atomic mass is 16.5. The van der Waals surface area contributed by atoms with Gasteiger partial charge in [0.15, 0.2) is 11.5 Å². The van der Waals surface area contributed by atoms with Crippen LogP contribution in [0.25, 0.3) is 11.3 Å². The standard InChI is InChI=1S/C28H35N3O6/c1-15(2)37-10-8-9-31-26(18-13-20(34-5)27(36-7)21(14-18)35-6)23-24(29-30-25(23)28(31)33)22-17(4)11-16(3)12-19(22)32/h11-15,26,32H,8-10H2,1-7H3,(H,29,30)/t26-/m0/s1. The summed E-state index contributed by atoms with van der Waals surface area (Å²) in [5.74, 6) is 1.39. The lowest BCUT2D eigenvalue weighted by Gasteiger charge is -2.28. The molecule has 0 aliphatic carbocycles. The Bertz CT molecular complexity index is 1250. The van der Waals surface area contributed by atoms with Crippen LogP contribution in [-0.2, 0) is 4.74 Å². The van der Waals surface area contributed by atoms with Crippen LogP contribution in [0.3, 0.4) is 0 Å². The van der Waals surface area contributed by atoms with Crippen LogP contribution in [0.1, 0.15) is 59.1 Å². The third kappa shape index (κ3) is 4.83. The molecular weight excluding hydrogens is 474 g/mol.